The second-order valence-electron chi connectivity index (χ2n) is 6.41. The van der Waals surface area contributed by atoms with Crippen molar-refractivity contribution in [3.63, 3.8) is 0 Å². The third-order valence-corrected chi connectivity index (χ3v) is 6.66. The van der Waals surface area contributed by atoms with Gasteiger partial charge in [0.15, 0.2) is 5.13 Å². The minimum atomic E-state index is -0.198. The van der Waals surface area contributed by atoms with E-state index in [2.05, 4.69) is 10.3 Å². The maximum Gasteiger partial charge on any atom is 0.266 e. The molecule has 0 radical (unpaired) electrons. The van der Waals surface area contributed by atoms with Crippen LogP contribution in [-0.4, -0.2) is 32.6 Å². The predicted octanol–water partition coefficient (Wildman–Crippen LogP) is 5.08. The van der Waals surface area contributed by atoms with Crippen LogP contribution >= 0.6 is 35.3 Å². The van der Waals surface area contributed by atoms with Crippen LogP contribution in [-0.2, 0) is 9.59 Å². The zero-order valence-electron chi connectivity index (χ0n) is 15.8. The standard InChI is InChI=1S/C22H17N3O2S3/c26-19(24-21-23-16-10-4-5-11-17(16)29-21)13-14-25-20(27)18(30-22(25)28)12-6-9-15-7-2-1-3-8-15/h1-12H,13-14H2,(H,23,24,26)/b9-6-,18-12+. The molecule has 0 spiro atoms. The average molecular weight is 452 g/mol. The Morgan fingerprint density at radius 2 is 1.90 bits per heavy atom. The molecule has 0 bridgehead atoms. The fraction of sp³-hybridized carbons (Fsp3) is 0.0909. The smallest absolute Gasteiger partial charge is 0.266 e. The Kier molecular flexibility index (Phi) is 6.37. The van der Waals surface area contributed by atoms with Crippen molar-refractivity contribution in [2.75, 3.05) is 11.9 Å². The van der Waals surface area contributed by atoms with Crippen LogP contribution in [0, 0.1) is 0 Å². The zero-order chi connectivity index (χ0) is 20.9. The van der Waals surface area contributed by atoms with Gasteiger partial charge in [-0.05, 0) is 23.8 Å². The van der Waals surface area contributed by atoms with Gasteiger partial charge < -0.3 is 5.32 Å². The molecule has 1 aromatic heterocycles. The second kappa shape index (κ2) is 9.34. The number of fused-ring (bicyclic) bond motifs is 1. The van der Waals surface area contributed by atoms with E-state index in [0.717, 1.165) is 15.8 Å². The number of thioether (sulfide) groups is 1. The Bertz CT molecular complexity index is 1140. The molecule has 1 fully saturated rings. The number of hydrogen-bond donors (Lipinski definition) is 1. The molecule has 3 aromatic rings. The van der Waals surface area contributed by atoms with Crippen LogP contribution in [0.2, 0.25) is 0 Å². The highest BCUT2D eigenvalue weighted by Crippen LogP contribution is 2.31. The summed E-state index contributed by atoms with van der Waals surface area (Å²) < 4.78 is 1.48. The first-order valence-corrected chi connectivity index (χ1v) is 11.3. The maximum absolute atomic E-state index is 12.6. The SMILES string of the molecule is O=C(CCN1C(=O)/C(=C\C=C/c2ccccc2)SC1=S)Nc1nc2ccccc2s1. The molecule has 150 valence electrons. The molecular weight excluding hydrogens is 434 g/mol. The van der Waals surface area contributed by atoms with E-state index in [1.807, 2.05) is 66.7 Å². The first-order chi connectivity index (χ1) is 14.6. The molecule has 0 atom stereocenters. The van der Waals surface area contributed by atoms with Gasteiger partial charge in [0, 0.05) is 13.0 Å². The Morgan fingerprint density at radius 3 is 2.70 bits per heavy atom. The van der Waals surface area contributed by atoms with Crippen molar-refractivity contribution in [1.29, 1.82) is 0 Å². The summed E-state index contributed by atoms with van der Waals surface area (Å²) in [5.74, 6) is -0.369. The maximum atomic E-state index is 12.6. The number of para-hydroxylation sites is 1. The van der Waals surface area contributed by atoms with E-state index in [-0.39, 0.29) is 24.8 Å². The normalized spacial score (nSPS) is 15.6. The van der Waals surface area contributed by atoms with Gasteiger partial charge >= 0.3 is 0 Å². The summed E-state index contributed by atoms with van der Waals surface area (Å²) in [7, 11) is 0. The summed E-state index contributed by atoms with van der Waals surface area (Å²) in [6.45, 7) is 0.237. The Labute approximate surface area is 187 Å². The highest BCUT2D eigenvalue weighted by atomic mass is 32.2. The lowest BCUT2D eigenvalue weighted by molar-refractivity contribution is -0.122. The fourth-order valence-electron chi connectivity index (χ4n) is 2.84. The molecule has 30 heavy (non-hydrogen) atoms. The van der Waals surface area contributed by atoms with Gasteiger partial charge in [0.25, 0.3) is 5.91 Å². The predicted molar refractivity (Wildman–Crippen MR) is 128 cm³/mol. The quantitative estimate of drug-likeness (QED) is 0.418. The molecule has 0 unspecified atom stereocenters. The summed E-state index contributed by atoms with van der Waals surface area (Å²) in [6, 6.07) is 17.5. The van der Waals surface area contributed by atoms with Crippen LogP contribution in [0.25, 0.3) is 16.3 Å². The van der Waals surface area contributed by atoms with Gasteiger partial charge in [0.2, 0.25) is 5.91 Å². The van der Waals surface area contributed by atoms with Gasteiger partial charge in [-0.1, -0.05) is 89.9 Å². The van der Waals surface area contributed by atoms with Gasteiger partial charge in [-0.2, -0.15) is 0 Å². The lowest BCUT2D eigenvalue weighted by atomic mass is 10.2. The van der Waals surface area contributed by atoms with E-state index < -0.39 is 0 Å². The topological polar surface area (TPSA) is 62.3 Å². The molecule has 2 aromatic carbocycles. The van der Waals surface area contributed by atoms with Crippen LogP contribution in [0.1, 0.15) is 12.0 Å². The number of carbonyl (C=O) groups is 2. The van der Waals surface area contributed by atoms with Crippen LogP contribution in [0.5, 0.6) is 0 Å². The molecule has 4 rings (SSSR count). The van der Waals surface area contributed by atoms with Crippen molar-refractivity contribution in [3.05, 3.63) is 77.2 Å². The van der Waals surface area contributed by atoms with Gasteiger partial charge in [-0.3, -0.25) is 14.5 Å². The van der Waals surface area contributed by atoms with Crippen molar-refractivity contribution < 1.29 is 9.59 Å². The summed E-state index contributed by atoms with van der Waals surface area (Å²) in [4.78, 5) is 31.4. The van der Waals surface area contributed by atoms with Crippen molar-refractivity contribution >= 4 is 72.9 Å². The van der Waals surface area contributed by atoms with Crippen LogP contribution in [0.3, 0.4) is 0 Å². The summed E-state index contributed by atoms with van der Waals surface area (Å²) in [6.07, 6.45) is 5.67. The lowest BCUT2D eigenvalue weighted by Crippen LogP contribution is -2.31. The van der Waals surface area contributed by atoms with E-state index in [0.29, 0.717) is 14.4 Å². The molecule has 1 aliphatic heterocycles. The minimum absolute atomic E-state index is 0.148. The number of thiocarbonyl (C=S) groups is 1. The fourth-order valence-corrected chi connectivity index (χ4v) is 4.98. The first-order valence-electron chi connectivity index (χ1n) is 9.23. The van der Waals surface area contributed by atoms with Crippen molar-refractivity contribution in [3.8, 4) is 0 Å². The molecule has 8 heteroatoms. The van der Waals surface area contributed by atoms with Gasteiger partial charge in [-0.25, -0.2) is 4.98 Å². The molecule has 2 amide bonds. The lowest BCUT2D eigenvalue weighted by Gasteiger charge is -2.13. The third kappa shape index (κ3) is 4.84. The number of nitrogens with zero attached hydrogens (tertiary/aromatic N) is 2. The summed E-state index contributed by atoms with van der Waals surface area (Å²) >= 11 is 8.00. The van der Waals surface area contributed by atoms with E-state index in [1.54, 1.807) is 6.08 Å². The van der Waals surface area contributed by atoms with Gasteiger partial charge in [0.05, 0.1) is 15.1 Å². The summed E-state index contributed by atoms with van der Waals surface area (Å²) in [5, 5.41) is 3.36. The summed E-state index contributed by atoms with van der Waals surface area (Å²) in [5.41, 5.74) is 1.90. The number of aromatic nitrogens is 1. The number of thiazole rings is 1. The molecule has 0 aliphatic carbocycles. The number of rotatable bonds is 6. The zero-order valence-corrected chi connectivity index (χ0v) is 18.2. The van der Waals surface area contributed by atoms with Crippen molar-refractivity contribution in [2.45, 2.75) is 6.42 Å². The number of nitrogens with one attached hydrogen (secondary N) is 1. The third-order valence-electron chi connectivity index (χ3n) is 4.31. The number of amides is 2. The van der Waals surface area contributed by atoms with Crippen molar-refractivity contribution in [1.82, 2.24) is 9.88 Å². The van der Waals surface area contributed by atoms with E-state index >= 15 is 0 Å². The number of benzene rings is 2. The van der Waals surface area contributed by atoms with E-state index in [4.69, 9.17) is 12.2 Å². The highest BCUT2D eigenvalue weighted by Gasteiger charge is 2.31. The van der Waals surface area contributed by atoms with Gasteiger partial charge in [0.1, 0.15) is 4.32 Å². The number of anilines is 1. The monoisotopic (exact) mass is 451 g/mol. The van der Waals surface area contributed by atoms with Crippen molar-refractivity contribution in [2.24, 2.45) is 0 Å². The Hall–Kier alpha value is -2.81. The van der Waals surface area contributed by atoms with Gasteiger partial charge in [-0.15, -0.1) is 0 Å². The molecule has 0 saturated carbocycles. The molecule has 2 heterocycles. The van der Waals surface area contributed by atoms with Crippen LogP contribution < -0.4 is 5.32 Å². The Morgan fingerprint density at radius 1 is 1.13 bits per heavy atom. The molecule has 1 saturated heterocycles. The molecule has 1 aliphatic rings. The van der Waals surface area contributed by atoms with Crippen LogP contribution in [0.4, 0.5) is 5.13 Å². The number of allylic oxidation sites excluding steroid dienone is 2. The Balaban J connectivity index is 1.33. The van der Waals surface area contributed by atoms with Crippen LogP contribution in [0.15, 0.2) is 71.7 Å². The number of carbonyl (C=O) groups excluding carboxylic acids is 2. The molecule has 5 nitrogen and oxygen atoms in total. The highest BCUT2D eigenvalue weighted by molar-refractivity contribution is 8.26. The number of hydrogen-bond acceptors (Lipinski definition) is 6. The minimum Gasteiger partial charge on any atom is -0.302 e. The first kappa shape index (κ1) is 20.5. The average Bonchev–Trinajstić information content (AvgIpc) is 3.27. The van der Waals surface area contributed by atoms with E-state index in [9.17, 15) is 9.59 Å². The molecular formula is C22H17N3O2S3. The second-order valence-corrected chi connectivity index (χ2v) is 9.12. The largest absolute Gasteiger partial charge is 0.302 e. The molecule has 1 N–H and O–H groups in total. The van der Waals surface area contributed by atoms with E-state index in [1.165, 1.54) is 28.0 Å².